The Morgan fingerprint density at radius 2 is 2.38 bits per heavy atom. The van der Waals surface area contributed by atoms with Crippen molar-refractivity contribution in [1.82, 2.24) is 9.97 Å². The maximum Gasteiger partial charge on any atom is 0.262 e. The smallest absolute Gasteiger partial charge is 0.262 e. The van der Waals surface area contributed by atoms with Crippen molar-refractivity contribution in [2.24, 2.45) is 0 Å². The molecule has 0 aromatic carbocycles. The van der Waals surface area contributed by atoms with Crippen LogP contribution in [0.3, 0.4) is 0 Å². The third-order valence-corrected chi connectivity index (χ3v) is 2.66. The van der Waals surface area contributed by atoms with E-state index in [0.717, 1.165) is 5.69 Å². The number of nitriles is 1. The molecule has 6 heteroatoms. The van der Waals surface area contributed by atoms with Gasteiger partial charge in [-0.3, -0.25) is 0 Å². The average molecular weight is 232 g/mol. The lowest BCUT2D eigenvalue weighted by Gasteiger charge is -1.99. The molecule has 2 aromatic rings. The molecule has 0 aliphatic heterocycles. The van der Waals surface area contributed by atoms with Gasteiger partial charge in [0.15, 0.2) is 0 Å². The molecule has 0 amide bonds. The minimum atomic E-state index is 0.417. The topological polar surface area (TPSA) is 88.7 Å². The zero-order chi connectivity index (χ0) is 11.5. The van der Waals surface area contributed by atoms with Crippen LogP contribution in [0.1, 0.15) is 11.3 Å². The molecular formula is C10H8N4OS. The van der Waals surface area contributed by atoms with Crippen molar-refractivity contribution in [3.05, 3.63) is 29.8 Å². The fraction of sp³-hybridized carbons (Fsp3) is 0.100. The van der Waals surface area contributed by atoms with E-state index < -0.39 is 0 Å². The first-order valence-electron chi connectivity index (χ1n) is 4.44. The van der Waals surface area contributed by atoms with Crippen molar-refractivity contribution in [3.63, 3.8) is 0 Å². The van der Waals surface area contributed by atoms with E-state index >= 15 is 0 Å². The number of oxazole rings is 1. The fourth-order valence-corrected chi connectivity index (χ4v) is 1.86. The molecule has 80 valence electrons. The fourth-order valence-electron chi connectivity index (χ4n) is 1.09. The van der Waals surface area contributed by atoms with Crippen LogP contribution in [0.5, 0.6) is 0 Å². The molecule has 2 heterocycles. The molecule has 2 rings (SSSR count). The summed E-state index contributed by atoms with van der Waals surface area (Å²) in [5.74, 6) is 0. The molecule has 0 atom stereocenters. The molecular weight excluding hydrogens is 224 g/mol. The molecule has 0 spiro atoms. The van der Waals surface area contributed by atoms with Crippen LogP contribution in [0.15, 0.2) is 33.2 Å². The number of nitrogens with zero attached hydrogens (tertiary/aromatic N) is 3. The van der Waals surface area contributed by atoms with Gasteiger partial charge in [0.2, 0.25) is 0 Å². The number of aromatic nitrogens is 2. The van der Waals surface area contributed by atoms with Crippen LogP contribution in [0.25, 0.3) is 0 Å². The predicted octanol–water partition coefficient (Wildman–Crippen LogP) is 1.98. The first-order valence-corrected chi connectivity index (χ1v) is 5.26. The number of hydrogen-bond acceptors (Lipinski definition) is 6. The Hall–Kier alpha value is -2.00. The monoisotopic (exact) mass is 232 g/mol. The number of nitrogens with two attached hydrogens (primary N) is 1. The Labute approximate surface area is 96.3 Å². The summed E-state index contributed by atoms with van der Waals surface area (Å²) < 4.78 is 5.17. The van der Waals surface area contributed by atoms with E-state index in [9.17, 15) is 0 Å². The van der Waals surface area contributed by atoms with Crippen LogP contribution in [0.4, 0.5) is 5.69 Å². The van der Waals surface area contributed by atoms with Crippen LogP contribution >= 0.6 is 11.8 Å². The summed E-state index contributed by atoms with van der Waals surface area (Å²) in [6.07, 6.45) is 3.05. The van der Waals surface area contributed by atoms with Crippen molar-refractivity contribution in [2.45, 2.75) is 17.2 Å². The van der Waals surface area contributed by atoms with E-state index in [-0.39, 0.29) is 0 Å². The molecule has 0 saturated heterocycles. The normalized spacial score (nSPS) is 10.0. The molecule has 16 heavy (non-hydrogen) atoms. The second-order valence-electron chi connectivity index (χ2n) is 3.09. The minimum Gasteiger partial charge on any atom is -0.439 e. The van der Waals surface area contributed by atoms with E-state index in [1.807, 2.05) is 13.0 Å². The number of pyridine rings is 1. The first-order chi connectivity index (χ1) is 7.69. The number of rotatable bonds is 2. The zero-order valence-corrected chi connectivity index (χ0v) is 9.28. The predicted molar refractivity (Wildman–Crippen MR) is 58.7 cm³/mol. The van der Waals surface area contributed by atoms with Gasteiger partial charge in [-0.05, 0) is 24.8 Å². The first kappa shape index (κ1) is 10.5. The Morgan fingerprint density at radius 1 is 1.56 bits per heavy atom. The van der Waals surface area contributed by atoms with Gasteiger partial charge in [0.1, 0.15) is 17.4 Å². The maximum atomic E-state index is 8.92. The standard InChI is InChI=1S/C10H8N4OS/c1-6-5-15-10(14-6)16-9-7(3-11)2-8(12)4-13-9/h2,4-5H,12H2,1H3. The second kappa shape index (κ2) is 4.24. The van der Waals surface area contributed by atoms with Crippen molar-refractivity contribution in [1.29, 1.82) is 5.26 Å². The van der Waals surface area contributed by atoms with Gasteiger partial charge >= 0.3 is 0 Å². The quantitative estimate of drug-likeness (QED) is 0.851. The molecule has 0 fully saturated rings. The molecule has 0 unspecified atom stereocenters. The highest BCUT2D eigenvalue weighted by Gasteiger charge is 2.10. The molecule has 0 saturated carbocycles. The van der Waals surface area contributed by atoms with Gasteiger partial charge in [0, 0.05) is 0 Å². The summed E-state index contributed by atoms with van der Waals surface area (Å²) in [6.45, 7) is 1.83. The Morgan fingerprint density at radius 3 is 3.00 bits per heavy atom. The Bertz CT molecular complexity index is 558. The van der Waals surface area contributed by atoms with Gasteiger partial charge in [-0.2, -0.15) is 5.26 Å². The molecule has 0 bridgehead atoms. The average Bonchev–Trinajstić information content (AvgIpc) is 2.67. The summed E-state index contributed by atoms with van der Waals surface area (Å²) in [4.78, 5) is 8.19. The minimum absolute atomic E-state index is 0.417. The highest BCUT2D eigenvalue weighted by Crippen LogP contribution is 2.28. The highest BCUT2D eigenvalue weighted by atomic mass is 32.2. The van der Waals surface area contributed by atoms with Crippen molar-refractivity contribution in [2.75, 3.05) is 5.73 Å². The molecule has 0 aliphatic rings. The number of nitrogen functional groups attached to an aromatic ring is 1. The van der Waals surface area contributed by atoms with Crippen LogP contribution in [-0.4, -0.2) is 9.97 Å². The van der Waals surface area contributed by atoms with Gasteiger partial charge in [-0.15, -0.1) is 0 Å². The summed E-state index contributed by atoms with van der Waals surface area (Å²) in [6, 6.07) is 3.61. The van der Waals surface area contributed by atoms with E-state index in [1.54, 1.807) is 12.3 Å². The molecule has 0 aliphatic carbocycles. The lowest BCUT2D eigenvalue weighted by molar-refractivity contribution is 0.453. The third-order valence-electron chi connectivity index (χ3n) is 1.77. The SMILES string of the molecule is Cc1coc(Sc2ncc(N)cc2C#N)n1. The second-order valence-corrected chi connectivity index (χ2v) is 4.03. The van der Waals surface area contributed by atoms with Crippen LogP contribution in [0.2, 0.25) is 0 Å². The Kier molecular flexibility index (Phi) is 2.79. The van der Waals surface area contributed by atoms with Crippen LogP contribution in [0, 0.1) is 18.3 Å². The van der Waals surface area contributed by atoms with Gasteiger partial charge in [-0.1, -0.05) is 0 Å². The van der Waals surface area contributed by atoms with E-state index in [4.69, 9.17) is 15.4 Å². The maximum absolute atomic E-state index is 8.92. The molecule has 5 nitrogen and oxygen atoms in total. The summed E-state index contributed by atoms with van der Waals surface area (Å²) >= 11 is 1.20. The largest absolute Gasteiger partial charge is 0.439 e. The lowest BCUT2D eigenvalue weighted by Crippen LogP contribution is -1.91. The van der Waals surface area contributed by atoms with E-state index in [2.05, 4.69) is 9.97 Å². The molecule has 0 radical (unpaired) electrons. The van der Waals surface area contributed by atoms with Gasteiger partial charge < -0.3 is 10.2 Å². The summed E-state index contributed by atoms with van der Waals surface area (Å²) in [7, 11) is 0. The zero-order valence-electron chi connectivity index (χ0n) is 8.47. The molecule has 2 aromatic heterocycles. The van der Waals surface area contributed by atoms with Crippen molar-refractivity contribution < 1.29 is 4.42 Å². The van der Waals surface area contributed by atoms with E-state index in [1.165, 1.54) is 18.0 Å². The third kappa shape index (κ3) is 2.15. The summed E-state index contributed by atoms with van der Waals surface area (Å²) in [5.41, 5.74) is 7.21. The number of anilines is 1. The van der Waals surface area contributed by atoms with Gasteiger partial charge in [0.05, 0.1) is 23.1 Å². The lowest BCUT2D eigenvalue weighted by atomic mass is 10.3. The van der Waals surface area contributed by atoms with E-state index in [0.29, 0.717) is 21.5 Å². The van der Waals surface area contributed by atoms with Gasteiger partial charge in [-0.25, -0.2) is 9.97 Å². The van der Waals surface area contributed by atoms with Crippen LogP contribution in [-0.2, 0) is 0 Å². The summed E-state index contributed by atoms with van der Waals surface area (Å²) in [5, 5.41) is 9.92. The Balaban J connectivity index is 2.31. The highest BCUT2D eigenvalue weighted by molar-refractivity contribution is 7.99. The number of hydrogen-bond donors (Lipinski definition) is 1. The van der Waals surface area contributed by atoms with Gasteiger partial charge in [0.25, 0.3) is 5.22 Å². The molecule has 2 N–H and O–H groups in total. The van der Waals surface area contributed by atoms with Crippen molar-refractivity contribution >= 4 is 17.4 Å². The number of aryl methyl sites for hydroxylation is 1. The van der Waals surface area contributed by atoms with Crippen LogP contribution < -0.4 is 5.73 Å². The van der Waals surface area contributed by atoms with Crippen molar-refractivity contribution in [3.8, 4) is 6.07 Å².